The van der Waals surface area contributed by atoms with Crippen molar-refractivity contribution in [2.45, 2.75) is 18.9 Å². The molecule has 2 N–H and O–H groups in total. The first-order chi connectivity index (χ1) is 8.24. The molecular formula is C12H15FN2O2. The lowest BCUT2D eigenvalue weighted by Gasteiger charge is -2.11. The van der Waals surface area contributed by atoms with Crippen LogP contribution in [0.2, 0.25) is 0 Å². The standard InChI is InChI=1S/C12H15FN2O2/c13-9-3-5-10(6-4-9)15-12(16)14-8-11-2-1-7-17-11/h3-6,11H,1-2,7-8H2,(H2,14,15,16)/t11-/m1/s1. The lowest BCUT2D eigenvalue weighted by Crippen LogP contribution is -2.34. The number of benzene rings is 1. The van der Waals surface area contributed by atoms with E-state index >= 15 is 0 Å². The van der Waals surface area contributed by atoms with E-state index < -0.39 is 0 Å². The van der Waals surface area contributed by atoms with Crippen LogP contribution in [0.1, 0.15) is 12.8 Å². The van der Waals surface area contributed by atoms with Crippen molar-refractivity contribution in [3.05, 3.63) is 30.1 Å². The maximum absolute atomic E-state index is 12.6. The maximum atomic E-state index is 12.6. The van der Waals surface area contributed by atoms with Crippen LogP contribution in [0.25, 0.3) is 0 Å². The summed E-state index contributed by atoms with van der Waals surface area (Å²) in [6.45, 7) is 1.28. The first-order valence-electron chi connectivity index (χ1n) is 5.66. The van der Waals surface area contributed by atoms with Crippen LogP contribution >= 0.6 is 0 Å². The van der Waals surface area contributed by atoms with Crippen LogP contribution in [-0.2, 0) is 4.74 Å². The molecule has 0 spiro atoms. The second-order valence-electron chi connectivity index (χ2n) is 3.98. The zero-order valence-electron chi connectivity index (χ0n) is 9.41. The van der Waals surface area contributed by atoms with Crippen LogP contribution in [-0.4, -0.2) is 25.3 Å². The fraction of sp³-hybridized carbons (Fsp3) is 0.417. The minimum Gasteiger partial charge on any atom is -0.376 e. The molecule has 1 saturated heterocycles. The van der Waals surface area contributed by atoms with Crippen molar-refractivity contribution in [2.24, 2.45) is 0 Å². The van der Waals surface area contributed by atoms with Gasteiger partial charge < -0.3 is 15.4 Å². The Labute approximate surface area is 99.2 Å². The number of carbonyl (C=O) groups excluding carboxylic acids is 1. The van der Waals surface area contributed by atoms with E-state index in [2.05, 4.69) is 10.6 Å². The Morgan fingerprint density at radius 3 is 2.82 bits per heavy atom. The molecule has 2 rings (SSSR count). The van der Waals surface area contributed by atoms with Crippen molar-refractivity contribution in [1.82, 2.24) is 5.32 Å². The van der Waals surface area contributed by atoms with Gasteiger partial charge >= 0.3 is 6.03 Å². The highest BCUT2D eigenvalue weighted by Gasteiger charge is 2.15. The highest BCUT2D eigenvalue weighted by molar-refractivity contribution is 5.89. The Morgan fingerprint density at radius 2 is 2.18 bits per heavy atom. The van der Waals surface area contributed by atoms with Crippen molar-refractivity contribution in [2.75, 3.05) is 18.5 Å². The fourth-order valence-corrected chi connectivity index (χ4v) is 1.72. The van der Waals surface area contributed by atoms with E-state index in [9.17, 15) is 9.18 Å². The molecule has 1 heterocycles. The van der Waals surface area contributed by atoms with Crippen molar-refractivity contribution >= 4 is 11.7 Å². The molecule has 0 saturated carbocycles. The summed E-state index contributed by atoms with van der Waals surface area (Å²) in [7, 11) is 0. The number of rotatable bonds is 3. The Morgan fingerprint density at radius 1 is 1.41 bits per heavy atom. The van der Waals surface area contributed by atoms with Crippen LogP contribution < -0.4 is 10.6 Å². The monoisotopic (exact) mass is 238 g/mol. The number of ether oxygens (including phenoxy) is 1. The largest absolute Gasteiger partial charge is 0.376 e. The molecule has 0 aliphatic carbocycles. The second-order valence-corrected chi connectivity index (χ2v) is 3.98. The first-order valence-corrected chi connectivity index (χ1v) is 5.66. The van der Waals surface area contributed by atoms with E-state index in [1.54, 1.807) is 0 Å². The zero-order chi connectivity index (χ0) is 12.1. The maximum Gasteiger partial charge on any atom is 0.319 e. The van der Waals surface area contributed by atoms with Crippen molar-refractivity contribution < 1.29 is 13.9 Å². The molecule has 1 atom stereocenters. The molecule has 4 nitrogen and oxygen atoms in total. The molecule has 5 heteroatoms. The van der Waals surface area contributed by atoms with Gasteiger partial charge in [0.1, 0.15) is 5.82 Å². The number of halogens is 1. The highest BCUT2D eigenvalue weighted by atomic mass is 19.1. The van der Waals surface area contributed by atoms with Gasteiger partial charge in [0, 0.05) is 18.8 Å². The second kappa shape index (κ2) is 5.63. The number of nitrogens with one attached hydrogen (secondary N) is 2. The molecule has 1 fully saturated rings. The topological polar surface area (TPSA) is 50.4 Å². The van der Waals surface area contributed by atoms with E-state index in [4.69, 9.17) is 4.74 Å². The highest BCUT2D eigenvalue weighted by Crippen LogP contribution is 2.11. The van der Waals surface area contributed by atoms with Crippen LogP contribution in [0.4, 0.5) is 14.9 Å². The average molecular weight is 238 g/mol. The minimum absolute atomic E-state index is 0.119. The number of carbonyl (C=O) groups is 1. The summed E-state index contributed by atoms with van der Waals surface area (Å²) in [5.41, 5.74) is 0.566. The number of hydrogen-bond acceptors (Lipinski definition) is 2. The van der Waals surface area contributed by atoms with E-state index in [1.807, 2.05) is 0 Å². The summed E-state index contributed by atoms with van der Waals surface area (Å²) in [5.74, 6) is -0.324. The quantitative estimate of drug-likeness (QED) is 0.847. The number of amides is 2. The van der Waals surface area contributed by atoms with Gasteiger partial charge in [-0.25, -0.2) is 9.18 Å². The minimum atomic E-state index is -0.324. The molecule has 0 radical (unpaired) electrons. The predicted molar refractivity (Wildman–Crippen MR) is 62.4 cm³/mol. The van der Waals surface area contributed by atoms with Gasteiger partial charge in [-0.05, 0) is 37.1 Å². The van der Waals surface area contributed by atoms with Crippen molar-refractivity contribution in [3.63, 3.8) is 0 Å². The summed E-state index contributed by atoms with van der Waals surface area (Å²) >= 11 is 0. The molecule has 1 aromatic rings. The normalized spacial score (nSPS) is 19.0. The summed E-state index contributed by atoms with van der Waals surface area (Å²) < 4.78 is 18.0. The third-order valence-corrected chi connectivity index (χ3v) is 2.62. The third-order valence-electron chi connectivity index (χ3n) is 2.62. The average Bonchev–Trinajstić information content (AvgIpc) is 2.83. The van der Waals surface area contributed by atoms with E-state index in [-0.39, 0.29) is 18.0 Å². The fourth-order valence-electron chi connectivity index (χ4n) is 1.72. The molecular weight excluding hydrogens is 223 g/mol. The Bertz CT molecular complexity index is 375. The van der Waals surface area contributed by atoms with Gasteiger partial charge in [-0.15, -0.1) is 0 Å². The first kappa shape index (κ1) is 11.9. The summed E-state index contributed by atoms with van der Waals surface area (Å²) in [4.78, 5) is 11.5. The van der Waals surface area contributed by atoms with E-state index in [1.165, 1.54) is 24.3 Å². The molecule has 0 unspecified atom stereocenters. The van der Waals surface area contributed by atoms with Gasteiger partial charge in [-0.1, -0.05) is 0 Å². The summed E-state index contributed by atoms with van der Waals surface area (Å²) in [6.07, 6.45) is 2.15. The summed E-state index contributed by atoms with van der Waals surface area (Å²) in [5, 5.41) is 5.34. The molecule has 1 aliphatic rings. The van der Waals surface area contributed by atoms with Crippen LogP contribution in [0.3, 0.4) is 0 Å². The molecule has 2 amide bonds. The molecule has 1 aromatic carbocycles. The van der Waals surface area contributed by atoms with Crippen molar-refractivity contribution in [1.29, 1.82) is 0 Å². The van der Waals surface area contributed by atoms with Gasteiger partial charge in [0.25, 0.3) is 0 Å². The van der Waals surface area contributed by atoms with Gasteiger partial charge in [-0.2, -0.15) is 0 Å². The van der Waals surface area contributed by atoms with Crippen LogP contribution in [0, 0.1) is 5.82 Å². The van der Waals surface area contributed by atoms with Gasteiger partial charge in [-0.3, -0.25) is 0 Å². The number of hydrogen-bond donors (Lipinski definition) is 2. The Hall–Kier alpha value is -1.62. The number of urea groups is 1. The molecule has 92 valence electrons. The van der Waals surface area contributed by atoms with Crippen LogP contribution in [0.15, 0.2) is 24.3 Å². The SMILES string of the molecule is O=C(NC[C@H]1CCCO1)Nc1ccc(F)cc1. The smallest absolute Gasteiger partial charge is 0.319 e. The Balaban J connectivity index is 1.74. The van der Waals surface area contributed by atoms with Crippen LogP contribution in [0.5, 0.6) is 0 Å². The third kappa shape index (κ3) is 3.71. The van der Waals surface area contributed by atoms with Crippen molar-refractivity contribution in [3.8, 4) is 0 Å². The summed E-state index contributed by atoms with van der Waals surface area (Å²) in [6, 6.07) is 5.33. The predicted octanol–water partition coefficient (Wildman–Crippen LogP) is 2.13. The zero-order valence-corrected chi connectivity index (χ0v) is 9.41. The lowest BCUT2D eigenvalue weighted by molar-refractivity contribution is 0.112. The lowest BCUT2D eigenvalue weighted by atomic mass is 10.2. The van der Waals surface area contributed by atoms with Gasteiger partial charge in [0.05, 0.1) is 6.10 Å². The molecule has 17 heavy (non-hydrogen) atoms. The van der Waals surface area contributed by atoms with E-state index in [0.29, 0.717) is 12.2 Å². The Kier molecular flexibility index (Phi) is 3.93. The molecule has 0 bridgehead atoms. The van der Waals surface area contributed by atoms with Gasteiger partial charge in [0.2, 0.25) is 0 Å². The van der Waals surface area contributed by atoms with E-state index in [0.717, 1.165) is 19.4 Å². The molecule has 1 aliphatic heterocycles. The van der Waals surface area contributed by atoms with Gasteiger partial charge in [0.15, 0.2) is 0 Å². The number of anilines is 1. The molecule has 0 aromatic heterocycles.